The van der Waals surface area contributed by atoms with Crippen LogP contribution in [0.25, 0.3) is 22.2 Å². The van der Waals surface area contributed by atoms with Gasteiger partial charge in [0.1, 0.15) is 16.3 Å². The summed E-state index contributed by atoms with van der Waals surface area (Å²) in [7, 11) is -4.01. The number of aliphatic hydroxyl groups is 1. The summed E-state index contributed by atoms with van der Waals surface area (Å²) >= 11 is 0. The number of esters is 1. The number of nitrogens with two attached hydrogens (primary N) is 1. The second-order valence-corrected chi connectivity index (χ2v) is 11.3. The molecule has 4 rings (SSSR count). The van der Waals surface area contributed by atoms with Crippen molar-refractivity contribution in [2.45, 2.75) is 75.7 Å². The molecule has 0 bridgehead atoms. The van der Waals surface area contributed by atoms with E-state index in [2.05, 4.69) is 0 Å². The molecule has 1 aliphatic rings. The van der Waals surface area contributed by atoms with Crippen molar-refractivity contribution in [3.8, 4) is 11.3 Å². The molecule has 0 spiro atoms. The lowest BCUT2D eigenvalue weighted by Gasteiger charge is -2.38. The highest BCUT2D eigenvalue weighted by Gasteiger charge is 2.43. The third kappa shape index (κ3) is 5.26. The van der Waals surface area contributed by atoms with Gasteiger partial charge in [0.25, 0.3) is 0 Å². The van der Waals surface area contributed by atoms with Crippen molar-refractivity contribution in [3.05, 3.63) is 71.5 Å². The molecule has 3 aromatic rings. The van der Waals surface area contributed by atoms with E-state index in [9.17, 15) is 18.3 Å². The normalized spacial score (nSPS) is 16.6. The maximum atomic E-state index is 13.5. The second kappa shape index (κ2) is 10.6. The van der Waals surface area contributed by atoms with Gasteiger partial charge in [-0.2, -0.15) is 0 Å². The molecule has 1 aliphatic heterocycles. The molecule has 0 aliphatic carbocycles. The van der Waals surface area contributed by atoms with Crippen molar-refractivity contribution >= 4 is 26.9 Å². The van der Waals surface area contributed by atoms with Crippen LogP contribution in [0.1, 0.15) is 70.8 Å². The Morgan fingerprint density at radius 3 is 2.30 bits per heavy atom. The van der Waals surface area contributed by atoms with Crippen LogP contribution in [-0.4, -0.2) is 30.1 Å². The van der Waals surface area contributed by atoms with Gasteiger partial charge in [-0.25, -0.2) is 23.3 Å². The first kappa shape index (κ1) is 26.8. The number of ether oxygens (including phenoxy) is 1. The summed E-state index contributed by atoms with van der Waals surface area (Å²) in [6.45, 7) is 6.02. The Bertz CT molecular complexity index is 1440. The molecule has 2 heterocycles. The molecule has 1 atom stereocenters. The van der Waals surface area contributed by atoms with Gasteiger partial charge >= 0.3 is 5.97 Å². The monoisotopic (exact) mass is 522 g/mol. The predicted molar refractivity (Wildman–Crippen MR) is 144 cm³/mol. The van der Waals surface area contributed by atoms with E-state index in [1.54, 1.807) is 12.1 Å². The van der Waals surface area contributed by atoms with Gasteiger partial charge in [0.05, 0.1) is 16.8 Å². The zero-order chi connectivity index (χ0) is 26.8. The number of hydrogen-bond acceptors (Lipinski definition) is 6. The standard InChI is InChI=1S/C29H34N2O5S/c1-4-15-29(16-5-2)18-23(32)25(28(33)36-29)21(6-3)22-17-20-13-10-14-24(37(30,34)35)27(20)31-26(22)19-11-8-7-9-12-19/h7-14,17,21,32H,4-6,15-16,18H2,1-3H3,(H2,30,34,35). The summed E-state index contributed by atoms with van der Waals surface area (Å²) in [6, 6.07) is 16.0. The summed E-state index contributed by atoms with van der Waals surface area (Å²) in [6.07, 6.45) is 3.83. The van der Waals surface area contributed by atoms with Crippen LogP contribution in [0.4, 0.5) is 0 Å². The lowest BCUT2D eigenvalue weighted by molar-refractivity contribution is -0.161. The van der Waals surface area contributed by atoms with Gasteiger partial charge in [-0.3, -0.25) is 0 Å². The van der Waals surface area contributed by atoms with Crippen molar-refractivity contribution < 1.29 is 23.1 Å². The molecule has 0 fully saturated rings. The van der Waals surface area contributed by atoms with Gasteiger partial charge in [-0.1, -0.05) is 76.1 Å². The van der Waals surface area contributed by atoms with Crippen LogP contribution < -0.4 is 5.14 Å². The van der Waals surface area contributed by atoms with Gasteiger partial charge in [-0.05, 0) is 37.0 Å². The highest BCUT2D eigenvalue weighted by molar-refractivity contribution is 7.89. The van der Waals surface area contributed by atoms with Crippen molar-refractivity contribution in [3.63, 3.8) is 0 Å². The molecule has 0 saturated heterocycles. The SMILES string of the molecule is CCCC1(CCC)CC(O)=C(C(CC)c2cc3cccc(S(N)(=O)=O)c3nc2-c2ccccc2)C(=O)O1. The summed E-state index contributed by atoms with van der Waals surface area (Å²) in [5.74, 6) is -0.948. The number of hydrogen-bond donors (Lipinski definition) is 2. The number of aliphatic hydroxyl groups excluding tert-OH is 1. The summed E-state index contributed by atoms with van der Waals surface area (Å²) in [5, 5.41) is 17.4. The minimum absolute atomic E-state index is 0.0578. The molecular formula is C29H34N2O5S. The number of sulfonamides is 1. The van der Waals surface area contributed by atoms with Crippen LogP contribution >= 0.6 is 0 Å². The van der Waals surface area contributed by atoms with Crippen molar-refractivity contribution in [2.24, 2.45) is 5.14 Å². The number of pyridine rings is 1. The highest BCUT2D eigenvalue weighted by Crippen LogP contribution is 2.44. The van der Waals surface area contributed by atoms with Crippen LogP contribution in [0.3, 0.4) is 0 Å². The summed E-state index contributed by atoms with van der Waals surface area (Å²) in [4.78, 5) is 18.2. The first-order valence-corrected chi connectivity index (χ1v) is 14.4. The Hall–Kier alpha value is -3.23. The third-order valence-corrected chi connectivity index (χ3v) is 8.01. The lowest BCUT2D eigenvalue weighted by atomic mass is 9.79. The Kier molecular flexibility index (Phi) is 7.71. The van der Waals surface area contributed by atoms with E-state index in [0.29, 0.717) is 35.9 Å². The first-order valence-electron chi connectivity index (χ1n) is 12.8. The van der Waals surface area contributed by atoms with E-state index in [1.807, 2.05) is 57.2 Å². The van der Waals surface area contributed by atoms with Gasteiger partial charge in [0.15, 0.2) is 0 Å². The molecule has 2 aromatic carbocycles. The average molecular weight is 523 g/mol. The lowest BCUT2D eigenvalue weighted by Crippen LogP contribution is -2.41. The van der Waals surface area contributed by atoms with E-state index in [1.165, 1.54) is 6.07 Å². The Balaban J connectivity index is 1.95. The van der Waals surface area contributed by atoms with Crippen LogP contribution in [0.15, 0.2) is 70.8 Å². The molecule has 7 nitrogen and oxygen atoms in total. The molecule has 0 radical (unpaired) electrons. The molecule has 8 heteroatoms. The van der Waals surface area contributed by atoms with Crippen LogP contribution in [-0.2, 0) is 19.6 Å². The molecule has 3 N–H and O–H groups in total. The molecule has 0 amide bonds. The predicted octanol–water partition coefficient (Wildman–Crippen LogP) is 6.14. The summed E-state index contributed by atoms with van der Waals surface area (Å²) in [5.41, 5.74) is 1.81. The van der Waals surface area contributed by atoms with Crippen molar-refractivity contribution in [1.29, 1.82) is 0 Å². The van der Waals surface area contributed by atoms with Gasteiger partial charge < -0.3 is 9.84 Å². The Morgan fingerprint density at radius 2 is 1.73 bits per heavy atom. The molecule has 0 saturated carbocycles. The number of carbonyl (C=O) groups is 1. The van der Waals surface area contributed by atoms with E-state index in [4.69, 9.17) is 14.9 Å². The molecule has 1 aromatic heterocycles. The minimum atomic E-state index is -4.01. The van der Waals surface area contributed by atoms with E-state index in [-0.39, 0.29) is 28.2 Å². The topological polar surface area (TPSA) is 120 Å². The highest BCUT2D eigenvalue weighted by atomic mass is 32.2. The maximum Gasteiger partial charge on any atom is 0.338 e. The number of nitrogens with zero attached hydrogens (tertiary/aromatic N) is 1. The number of rotatable bonds is 9. The number of para-hydroxylation sites is 1. The largest absolute Gasteiger partial charge is 0.512 e. The van der Waals surface area contributed by atoms with Gasteiger partial charge in [0, 0.05) is 23.3 Å². The van der Waals surface area contributed by atoms with E-state index in [0.717, 1.165) is 18.4 Å². The minimum Gasteiger partial charge on any atom is -0.512 e. The Labute approximate surface area is 218 Å². The smallest absolute Gasteiger partial charge is 0.338 e. The van der Waals surface area contributed by atoms with Gasteiger partial charge in [-0.15, -0.1) is 0 Å². The average Bonchev–Trinajstić information content (AvgIpc) is 2.85. The quantitative estimate of drug-likeness (QED) is 0.326. The molecule has 1 unspecified atom stereocenters. The zero-order valence-corrected chi connectivity index (χ0v) is 22.3. The van der Waals surface area contributed by atoms with E-state index < -0.39 is 27.5 Å². The third-order valence-electron chi connectivity index (χ3n) is 7.07. The Morgan fingerprint density at radius 1 is 1.05 bits per heavy atom. The maximum absolute atomic E-state index is 13.5. The second-order valence-electron chi connectivity index (χ2n) is 9.74. The number of aromatic nitrogens is 1. The number of cyclic esters (lactones) is 1. The number of benzene rings is 2. The van der Waals surface area contributed by atoms with Crippen molar-refractivity contribution in [2.75, 3.05) is 0 Å². The summed E-state index contributed by atoms with van der Waals surface area (Å²) < 4.78 is 30.7. The zero-order valence-electron chi connectivity index (χ0n) is 21.5. The van der Waals surface area contributed by atoms with Gasteiger partial charge in [0.2, 0.25) is 10.0 Å². The molecule has 196 valence electrons. The fourth-order valence-electron chi connectivity index (χ4n) is 5.55. The number of fused-ring (bicyclic) bond motifs is 1. The van der Waals surface area contributed by atoms with E-state index >= 15 is 0 Å². The molecule has 37 heavy (non-hydrogen) atoms. The number of carbonyl (C=O) groups excluding carboxylic acids is 1. The number of primary sulfonamides is 1. The van der Waals surface area contributed by atoms with Crippen LogP contribution in [0, 0.1) is 0 Å². The van der Waals surface area contributed by atoms with Crippen molar-refractivity contribution in [1.82, 2.24) is 4.98 Å². The fourth-order valence-corrected chi connectivity index (χ4v) is 6.26. The molecular weight excluding hydrogens is 488 g/mol. The fraction of sp³-hybridized carbons (Fsp3) is 0.379. The van der Waals surface area contributed by atoms with Crippen LogP contribution in [0.2, 0.25) is 0 Å². The van der Waals surface area contributed by atoms with Crippen LogP contribution in [0.5, 0.6) is 0 Å². The first-order chi connectivity index (χ1) is 17.6.